The van der Waals surface area contributed by atoms with Gasteiger partial charge in [0.1, 0.15) is 0 Å². The number of thiophene rings is 1. The maximum Gasteiger partial charge on any atom is 0.251 e. The molecule has 1 fully saturated rings. The maximum atomic E-state index is 12.4. The van der Waals surface area contributed by atoms with Gasteiger partial charge in [0.2, 0.25) is 10.0 Å². The predicted molar refractivity (Wildman–Crippen MR) is 103 cm³/mol. The molecule has 0 saturated carbocycles. The van der Waals surface area contributed by atoms with E-state index in [0.717, 1.165) is 24.4 Å². The molecular formula is C18H23N3O3S2. The van der Waals surface area contributed by atoms with Crippen LogP contribution in [0.5, 0.6) is 0 Å². The van der Waals surface area contributed by atoms with E-state index in [-0.39, 0.29) is 23.4 Å². The fourth-order valence-corrected chi connectivity index (χ4v) is 4.67. The van der Waals surface area contributed by atoms with Crippen LogP contribution >= 0.6 is 11.3 Å². The average Bonchev–Trinajstić information content (AvgIpc) is 3.16. The molecule has 1 aromatic carbocycles. The van der Waals surface area contributed by atoms with Crippen molar-refractivity contribution in [2.75, 3.05) is 13.1 Å². The highest BCUT2D eigenvalue weighted by Crippen LogP contribution is 2.15. The minimum atomic E-state index is -3.60. The normalized spacial score (nSPS) is 20.7. The lowest BCUT2D eigenvalue weighted by Crippen LogP contribution is -2.48. The molecule has 2 atom stereocenters. The van der Waals surface area contributed by atoms with E-state index in [1.54, 1.807) is 12.1 Å². The van der Waals surface area contributed by atoms with Crippen molar-refractivity contribution in [1.29, 1.82) is 0 Å². The van der Waals surface area contributed by atoms with Crippen molar-refractivity contribution < 1.29 is 13.2 Å². The van der Waals surface area contributed by atoms with Crippen LogP contribution in [0.3, 0.4) is 0 Å². The van der Waals surface area contributed by atoms with E-state index in [9.17, 15) is 13.2 Å². The first-order valence-corrected chi connectivity index (χ1v) is 11.0. The molecule has 2 unspecified atom stereocenters. The van der Waals surface area contributed by atoms with Crippen molar-refractivity contribution in [3.8, 4) is 0 Å². The number of carbonyl (C=O) groups excluding carboxylic acids is 1. The van der Waals surface area contributed by atoms with Gasteiger partial charge in [-0.05, 0) is 61.1 Å². The van der Waals surface area contributed by atoms with E-state index in [1.807, 2.05) is 17.5 Å². The van der Waals surface area contributed by atoms with Crippen LogP contribution in [0.4, 0.5) is 0 Å². The van der Waals surface area contributed by atoms with Gasteiger partial charge in [-0.2, -0.15) is 0 Å². The van der Waals surface area contributed by atoms with Crippen LogP contribution in [0.1, 0.15) is 28.6 Å². The Hall–Kier alpha value is -1.74. The molecule has 8 heteroatoms. The third-order valence-corrected chi connectivity index (χ3v) is 6.84. The Kier molecular flexibility index (Phi) is 6.08. The maximum absolute atomic E-state index is 12.4. The molecule has 1 saturated heterocycles. The molecule has 1 aliphatic heterocycles. The van der Waals surface area contributed by atoms with E-state index in [0.29, 0.717) is 11.5 Å². The summed E-state index contributed by atoms with van der Waals surface area (Å²) in [5, 5.41) is 8.25. The van der Waals surface area contributed by atoms with Crippen molar-refractivity contribution in [1.82, 2.24) is 15.4 Å². The summed E-state index contributed by atoms with van der Waals surface area (Å²) < 4.78 is 27.3. The van der Waals surface area contributed by atoms with Crippen molar-refractivity contribution in [3.63, 3.8) is 0 Å². The summed E-state index contributed by atoms with van der Waals surface area (Å²) in [6, 6.07) is 9.95. The van der Waals surface area contributed by atoms with Crippen LogP contribution in [-0.4, -0.2) is 33.5 Å². The molecular weight excluding hydrogens is 370 g/mol. The molecule has 0 aliphatic carbocycles. The van der Waals surface area contributed by atoms with Gasteiger partial charge in [0.15, 0.2) is 0 Å². The quantitative estimate of drug-likeness (QED) is 0.700. The monoisotopic (exact) mass is 393 g/mol. The second kappa shape index (κ2) is 8.30. The molecule has 2 heterocycles. The molecule has 3 N–H and O–H groups in total. The van der Waals surface area contributed by atoms with Gasteiger partial charge in [-0.25, -0.2) is 13.1 Å². The first-order chi connectivity index (χ1) is 12.5. The van der Waals surface area contributed by atoms with Gasteiger partial charge >= 0.3 is 0 Å². The van der Waals surface area contributed by atoms with E-state index < -0.39 is 10.0 Å². The molecule has 1 aliphatic rings. The lowest BCUT2D eigenvalue weighted by molar-refractivity contribution is 0.0914. The highest BCUT2D eigenvalue weighted by atomic mass is 32.2. The highest BCUT2D eigenvalue weighted by molar-refractivity contribution is 7.89. The zero-order valence-corrected chi connectivity index (χ0v) is 16.2. The first kappa shape index (κ1) is 19.0. The number of nitrogens with one attached hydrogen (secondary N) is 3. The van der Waals surface area contributed by atoms with Crippen LogP contribution in [-0.2, 0) is 16.6 Å². The highest BCUT2D eigenvalue weighted by Gasteiger charge is 2.23. The number of hydrogen-bond acceptors (Lipinski definition) is 5. The average molecular weight is 394 g/mol. The molecule has 1 amide bonds. The minimum Gasteiger partial charge on any atom is -0.349 e. The minimum absolute atomic E-state index is 0.139. The number of carbonyl (C=O) groups is 1. The van der Waals surface area contributed by atoms with Crippen molar-refractivity contribution in [3.05, 3.63) is 52.2 Å². The molecule has 26 heavy (non-hydrogen) atoms. The fourth-order valence-electron chi connectivity index (χ4n) is 2.93. The zero-order valence-electron chi connectivity index (χ0n) is 14.6. The van der Waals surface area contributed by atoms with Gasteiger partial charge in [0.25, 0.3) is 5.91 Å². The Morgan fingerprint density at radius 2 is 2.04 bits per heavy atom. The van der Waals surface area contributed by atoms with Crippen molar-refractivity contribution in [2.24, 2.45) is 5.92 Å². The standard InChI is InChI=1S/C18H23N3O3S2/c1-13-11-19-9-8-17(13)21-18(22)14-4-6-16(7-5-14)26(23,24)20-12-15-3-2-10-25-15/h2-7,10,13,17,19-20H,8-9,11-12H2,1H3,(H,21,22). The number of amides is 1. The second-order valence-electron chi connectivity index (χ2n) is 6.48. The van der Waals surface area contributed by atoms with E-state index >= 15 is 0 Å². The van der Waals surface area contributed by atoms with Crippen molar-refractivity contribution in [2.45, 2.75) is 30.8 Å². The van der Waals surface area contributed by atoms with E-state index in [2.05, 4.69) is 22.3 Å². The number of rotatable bonds is 6. The van der Waals surface area contributed by atoms with E-state index in [4.69, 9.17) is 0 Å². The Labute approximate surface area is 158 Å². The van der Waals surface area contributed by atoms with Gasteiger partial charge in [0.05, 0.1) is 4.90 Å². The van der Waals surface area contributed by atoms with Crippen LogP contribution in [0.25, 0.3) is 0 Å². The summed E-state index contributed by atoms with van der Waals surface area (Å²) >= 11 is 1.50. The number of piperidine rings is 1. The zero-order chi connectivity index (χ0) is 18.6. The number of sulfonamides is 1. The van der Waals surface area contributed by atoms with Gasteiger partial charge in [-0.1, -0.05) is 13.0 Å². The largest absolute Gasteiger partial charge is 0.349 e. The smallest absolute Gasteiger partial charge is 0.251 e. The lowest BCUT2D eigenvalue weighted by Gasteiger charge is -2.30. The molecule has 0 radical (unpaired) electrons. The summed E-state index contributed by atoms with van der Waals surface area (Å²) in [5.41, 5.74) is 0.466. The lowest BCUT2D eigenvalue weighted by atomic mass is 9.95. The first-order valence-electron chi connectivity index (χ1n) is 8.59. The molecule has 1 aromatic heterocycles. The Bertz CT molecular complexity index is 833. The predicted octanol–water partition coefficient (Wildman–Crippen LogP) is 1.95. The molecule has 3 rings (SSSR count). The van der Waals surface area contributed by atoms with Crippen LogP contribution < -0.4 is 15.4 Å². The summed E-state index contributed by atoms with van der Waals surface area (Å²) in [7, 11) is -3.60. The molecule has 140 valence electrons. The Balaban J connectivity index is 1.62. The second-order valence-corrected chi connectivity index (χ2v) is 9.28. The fraction of sp³-hybridized carbons (Fsp3) is 0.389. The number of hydrogen-bond donors (Lipinski definition) is 3. The van der Waals surface area contributed by atoms with Gasteiger partial charge in [0, 0.05) is 23.0 Å². The van der Waals surface area contributed by atoms with Gasteiger partial charge < -0.3 is 10.6 Å². The SMILES string of the molecule is CC1CNCCC1NC(=O)c1ccc(S(=O)(=O)NCc2cccs2)cc1. The number of benzene rings is 1. The third-order valence-electron chi connectivity index (χ3n) is 4.55. The third kappa shape index (κ3) is 4.70. The topological polar surface area (TPSA) is 87.3 Å². The molecule has 0 bridgehead atoms. The summed E-state index contributed by atoms with van der Waals surface area (Å²) in [5.74, 6) is 0.202. The van der Waals surface area contributed by atoms with Gasteiger partial charge in [-0.15, -0.1) is 11.3 Å². The molecule has 0 spiro atoms. The Morgan fingerprint density at radius 1 is 1.27 bits per heavy atom. The molecule has 6 nitrogen and oxygen atoms in total. The van der Waals surface area contributed by atoms with Crippen molar-refractivity contribution >= 4 is 27.3 Å². The summed E-state index contributed by atoms with van der Waals surface area (Å²) in [6.07, 6.45) is 0.895. The van der Waals surface area contributed by atoms with Crippen LogP contribution in [0.2, 0.25) is 0 Å². The summed E-state index contributed by atoms with van der Waals surface area (Å²) in [6.45, 7) is 4.14. The van der Waals surface area contributed by atoms with Crippen LogP contribution in [0, 0.1) is 5.92 Å². The Morgan fingerprint density at radius 3 is 2.69 bits per heavy atom. The van der Waals surface area contributed by atoms with Crippen LogP contribution in [0.15, 0.2) is 46.7 Å². The van der Waals surface area contributed by atoms with Gasteiger partial charge in [-0.3, -0.25) is 4.79 Å². The van der Waals surface area contributed by atoms with E-state index in [1.165, 1.54) is 23.5 Å². The summed E-state index contributed by atoms with van der Waals surface area (Å²) in [4.78, 5) is 13.5. The molecule has 2 aromatic rings.